The van der Waals surface area contributed by atoms with Gasteiger partial charge in [0.15, 0.2) is 6.29 Å². The van der Waals surface area contributed by atoms with Crippen molar-refractivity contribution >= 4 is 29.4 Å². The lowest BCUT2D eigenvalue weighted by atomic mass is 9.84. The van der Waals surface area contributed by atoms with Crippen molar-refractivity contribution in [2.75, 3.05) is 6.54 Å². The molecule has 0 aromatic rings. The average Bonchev–Trinajstić information content (AvgIpc) is 3.33. The van der Waals surface area contributed by atoms with Crippen molar-refractivity contribution in [3.8, 4) is 0 Å². The number of aliphatic imine (C=N–C) groups is 2. The van der Waals surface area contributed by atoms with Crippen LogP contribution in [0, 0.1) is 11.8 Å². The zero-order chi connectivity index (χ0) is 23.2. The van der Waals surface area contributed by atoms with Gasteiger partial charge in [0.25, 0.3) is 0 Å². The third-order valence-corrected chi connectivity index (χ3v) is 9.17. The van der Waals surface area contributed by atoms with E-state index in [2.05, 4.69) is 37.3 Å². The SMILES string of the molecule is O=C(NCCC1CCCCC1)C1CCCC(NC2N=CCC(NC3C=C4SC=NC4CC3)N2)C1. The van der Waals surface area contributed by atoms with E-state index in [1.165, 1.54) is 37.0 Å². The van der Waals surface area contributed by atoms with E-state index in [0.717, 1.165) is 63.8 Å². The van der Waals surface area contributed by atoms with Gasteiger partial charge in [-0.05, 0) is 44.4 Å². The molecule has 2 aliphatic heterocycles. The zero-order valence-electron chi connectivity index (χ0n) is 20.4. The summed E-state index contributed by atoms with van der Waals surface area (Å²) >= 11 is 1.77. The Hall–Kier alpha value is -1.22. The normalized spacial score (nSPS) is 36.2. The summed E-state index contributed by atoms with van der Waals surface area (Å²) in [7, 11) is 0. The van der Waals surface area contributed by atoms with Gasteiger partial charge in [-0.1, -0.05) is 56.4 Å². The third kappa shape index (κ3) is 6.71. The van der Waals surface area contributed by atoms with Crippen LogP contribution in [0.5, 0.6) is 0 Å². The number of hydrogen-bond acceptors (Lipinski definition) is 7. The van der Waals surface area contributed by atoms with Gasteiger partial charge in [0.1, 0.15) is 0 Å². The van der Waals surface area contributed by atoms with Gasteiger partial charge in [0, 0.05) is 42.1 Å². The molecule has 6 unspecified atom stereocenters. The van der Waals surface area contributed by atoms with Gasteiger partial charge in [-0.2, -0.15) is 0 Å². The molecule has 4 N–H and O–H groups in total. The molecule has 0 spiro atoms. The summed E-state index contributed by atoms with van der Waals surface area (Å²) in [6.45, 7) is 0.850. The van der Waals surface area contributed by atoms with Crippen molar-refractivity contribution in [2.24, 2.45) is 21.8 Å². The summed E-state index contributed by atoms with van der Waals surface area (Å²) in [4.78, 5) is 23.4. The second kappa shape index (κ2) is 12.2. The van der Waals surface area contributed by atoms with E-state index in [1.807, 2.05) is 11.8 Å². The number of thioether (sulfide) groups is 1. The van der Waals surface area contributed by atoms with E-state index >= 15 is 0 Å². The fraction of sp³-hybridized carbons (Fsp3) is 0.808. The molecule has 0 aromatic carbocycles. The lowest BCUT2D eigenvalue weighted by molar-refractivity contribution is -0.126. The molecule has 6 atom stereocenters. The summed E-state index contributed by atoms with van der Waals surface area (Å²) < 4.78 is 0. The van der Waals surface area contributed by atoms with Gasteiger partial charge in [0.05, 0.1) is 17.8 Å². The standard InChI is InChI=1S/C26H42N6OS/c33-25(27-13-11-18-5-2-1-3-6-18)19-7-4-8-20(15-19)31-26-28-14-12-24(32-26)30-21-9-10-22-23(16-21)34-17-29-22/h14,16-22,24,26,30-32H,1-13,15H2,(H,27,33). The quantitative estimate of drug-likeness (QED) is 0.420. The molecule has 0 aromatic heterocycles. The van der Waals surface area contributed by atoms with Crippen LogP contribution in [0.15, 0.2) is 21.0 Å². The predicted molar refractivity (Wildman–Crippen MR) is 141 cm³/mol. The number of carbonyl (C=O) groups excluding carboxylic acids is 1. The Morgan fingerprint density at radius 1 is 1.03 bits per heavy atom. The number of fused-ring (bicyclic) bond motifs is 1. The minimum atomic E-state index is -0.0856. The zero-order valence-corrected chi connectivity index (χ0v) is 21.2. The van der Waals surface area contributed by atoms with Gasteiger partial charge >= 0.3 is 0 Å². The van der Waals surface area contributed by atoms with Gasteiger partial charge in [-0.15, -0.1) is 0 Å². The summed E-state index contributed by atoms with van der Waals surface area (Å²) in [5, 5.41) is 14.3. The lowest BCUT2D eigenvalue weighted by Crippen LogP contribution is -2.59. The second-order valence-electron chi connectivity index (χ2n) is 10.8. The minimum absolute atomic E-state index is 0.0856. The van der Waals surface area contributed by atoms with E-state index in [4.69, 9.17) is 0 Å². The Labute approximate surface area is 208 Å². The molecule has 0 bridgehead atoms. The molecular weight excluding hydrogens is 444 g/mol. The molecule has 3 aliphatic carbocycles. The van der Waals surface area contributed by atoms with Gasteiger partial charge in [-0.25, -0.2) is 0 Å². The maximum Gasteiger partial charge on any atom is 0.223 e. The number of hydrogen-bond donors (Lipinski definition) is 4. The van der Waals surface area contributed by atoms with Crippen molar-refractivity contribution in [2.45, 2.75) is 114 Å². The van der Waals surface area contributed by atoms with Crippen molar-refractivity contribution in [3.63, 3.8) is 0 Å². The maximum absolute atomic E-state index is 12.8. The molecule has 0 radical (unpaired) electrons. The van der Waals surface area contributed by atoms with Crippen molar-refractivity contribution < 1.29 is 4.79 Å². The first-order valence-electron chi connectivity index (χ1n) is 13.7. The van der Waals surface area contributed by atoms with Crippen LogP contribution in [-0.2, 0) is 4.79 Å². The molecule has 7 nitrogen and oxygen atoms in total. The number of nitrogens with one attached hydrogen (secondary N) is 4. The van der Waals surface area contributed by atoms with Crippen LogP contribution in [0.25, 0.3) is 0 Å². The maximum atomic E-state index is 12.8. The van der Waals surface area contributed by atoms with E-state index in [-0.39, 0.29) is 24.3 Å². The molecule has 8 heteroatoms. The van der Waals surface area contributed by atoms with Gasteiger partial charge < -0.3 is 5.32 Å². The molecule has 2 fully saturated rings. The molecule has 1 amide bonds. The van der Waals surface area contributed by atoms with Crippen molar-refractivity contribution in [1.29, 1.82) is 0 Å². The molecule has 5 rings (SSSR count). The first-order valence-corrected chi connectivity index (χ1v) is 14.6. The van der Waals surface area contributed by atoms with E-state index in [0.29, 0.717) is 18.1 Å². The largest absolute Gasteiger partial charge is 0.356 e. The van der Waals surface area contributed by atoms with Crippen LogP contribution in [0.1, 0.15) is 83.5 Å². The number of rotatable bonds is 8. The topological polar surface area (TPSA) is 89.9 Å². The van der Waals surface area contributed by atoms with Crippen LogP contribution in [-0.4, -0.2) is 54.8 Å². The van der Waals surface area contributed by atoms with E-state index in [1.54, 1.807) is 11.8 Å². The summed E-state index contributed by atoms with van der Waals surface area (Å²) in [6.07, 6.45) is 19.8. The van der Waals surface area contributed by atoms with Crippen LogP contribution in [0.3, 0.4) is 0 Å². The van der Waals surface area contributed by atoms with Crippen molar-refractivity contribution in [3.05, 3.63) is 11.0 Å². The number of amides is 1. The molecule has 5 aliphatic rings. The number of nitrogens with zero attached hydrogens (tertiary/aromatic N) is 2. The highest BCUT2D eigenvalue weighted by Crippen LogP contribution is 2.34. The third-order valence-electron chi connectivity index (χ3n) is 8.26. The van der Waals surface area contributed by atoms with Crippen LogP contribution in [0.4, 0.5) is 0 Å². The molecule has 0 saturated heterocycles. The van der Waals surface area contributed by atoms with E-state index < -0.39 is 0 Å². The Morgan fingerprint density at radius 3 is 2.85 bits per heavy atom. The smallest absolute Gasteiger partial charge is 0.223 e. The highest BCUT2D eigenvalue weighted by molar-refractivity contribution is 8.15. The first kappa shape index (κ1) is 24.5. The molecule has 2 heterocycles. The van der Waals surface area contributed by atoms with Crippen LogP contribution < -0.4 is 21.3 Å². The Kier molecular flexibility index (Phi) is 8.75. The van der Waals surface area contributed by atoms with Crippen LogP contribution >= 0.6 is 11.8 Å². The van der Waals surface area contributed by atoms with E-state index in [9.17, 15) is 4.79 Å². The molecule has 2 saturated carbocycles. The van der Waals surface area contributed by atoms with Crippen LogP contribution in [0.2, 0.25) is 0 Å². The Morgan fingerprint density at radius 2 is 1.94 bits per heavy atom. The highest BCUT2D eigenvalue weighted by Gasteiger charge is 2.31. The predicted octanol–water partition coefficient (Wildman–Crippen LogP) is 3.67. The molecule has 188 valence electrons. The lowest BCUT2D eigenvalue weighted by Gasteiger charge is -2.35. The summed E-state index contributed by atoms with van der Waals surface area (Å²) in [5.41, 5.74) is 1.98. The highest BCUT2D eigenvalue weighted by atomic mass is 32.2. The van der Waals surface area contributed by atoms with Gasteiger partial charge in [0.2, 0.25) is 5.91 Å². The second-order valence-corrected chi connectivity index (χ2v) is 11.7. The summed E-state index contributed by atoms with van der Waals surface area (Å²) in [5.74, 6) is 1.22. The fourth-order valence-electron chi connectivity index (χ4n) is 6.30. The minimum Gasteiger partial charge on any atom is -0.356 e. The first-order chi connectivity index (χ1) is 16.7. The summed E-state index contributed by atoms with van der Waals surface area (Å²) in [6, 6.07) is 1.13. The molecular formula is C26H42N6OS. The average molecular weight is 487 g/mol. The van der Waals surface area contributed by atoms with Gasteiger partial charge in [-0.3, -0.25) is 30.7 Å². The number of carbonyl (C=O) groups is 1. The fourth-order valence-corrected chi connectivity index (χ4v) is 7.20. The molecule has 34 heavy (non-hydrogen) atoms. The van der Waals surface area contributed by atoms with Crippen molar-refractivity contribution in [1.82, 2.24) is 21.3 Å². The Bertz CT molecular complexity index is 779. The monoisotopic (exact) mass is 486 g/mol. The Balaban J connectivity index is 1.04.